The highest BCUT2D eigenvalue weighted by Gasteiger charge is 2.08. The first-order valence-corrected chi connectivity index (χ1v) is 10.0. The highest BCUT2D eigenvalue weighted by Crippen LogP contribution is 2.19. The monoisotopic (exact) mass is 420 g/mol. The third-order valence-electron chi connectivity index (χ3n) is 4.23. The zero-order valence-corrected chi connectivity index (χ0v) is 17.3. The van der Waals surface area contributed by atoms with Gasteiger partial charge >= 0.3 is 5.97 Å². The molecule has 0 atom stereocenters. The summed E-state index contributed by atoms with van der Waals surface area (Å²) in [4.78, 5) is 24.2. The zero-order chi connectivity index (χ0) is 21.9. The van der Waals surface area contributed by atoms with Crippen molar-refractivity contribution in [1.82, 2.24) is 0 Å². The predicted octanol–water partition coefficient (Wildman–Crippen LogP) is 4.76. The highest BCUT2D eigenvalue weighted by molar-refractivity contribution is 5.87. The predicted molar refractivity (Wildman–Crippen MR) is 117 cm³/mol. The van der Waals surface area contributed by atoms with E-state index in [1.165, 1.54) is 18.4 Å². The lowest BCUT2D eigenvalue weighted by molar-refractivity contribution is -0.139. The molecule has 3 aromatic rings. The molecule has 2 aromatic carbocycles. The molecular formula is C25H24O6. The summed E-state index contributed by atoms with van der Waals surface area (Å²) in [5.41, 5.74) is 1.37. The quantitative estimate of drug-likeness (QED) is 0.348. The Morgan fingerprint density at radius 1 is 0.968 bits per heavy atom. The van der Waals surface area contributed by atoms with Gasteiger partial charge in [-0.05, 0) is 24.1 Å². The van der Waals surface area contributed by atoms with Crippen LogP contribution in [0.1, 0.15) is 30.2 Å². The first kappa shape index (κ1) is 21.9. The van der Waals surface area contributed by atoms with Crippen LogP contribution in [0.15, 0.2) is 82.2 Å². The van der Waals surface area contributed by atoms with Gasteiger partial charge < -0.3 is 18.6 Å². The van der Waals surface area contributed by atoms with Gasteiger partial charge in [-0.15, -0.1) is 0 Å². The molecule has 0 saturated carbocycles. The molecule has 0 aliphatic rings. The molecule has 0 N–H and O–H groups in total. The first-order chi connectivity index (χ1) is 15.2. The molecule has 160 valence electrons. The first-order valence-electron chi connectivity index (χ1n) is 10.0. The molecule has 6 heteroatoms. The van der Waals surface area contributed by atoms with Crippen LogP contribution in [-0.4, -0.2) is 12.6 Å². The number of carbonyl (C=O) groups is 1. The Labute approximate surface area is 180 Å². The molecule has 0 saturated heterocycles. The van der Waals surface area contributed by atoms with Gasteiger partial charge in [0.1, 0.15) is 31.0 Å². The lowest BCUT2D eigenvalue weighted by Gasteiger charge is -2.07. The lowest BCUT2D eigenvalue weighted by atomic mass is 10.2. The molecule has 0 unspecified atom stereocenters. The van der Waals surface area contributed by atoms with Crippen molar-refractivity contribution in [3.05, 3.63) is 100 Å². The molecule has 3 rings (SSSR count). The van der Waals surface area contributed by atoms with Crippen LogP contribution in [0.4, 0.5) is 0 Å². The molecule has 0 aliphatic carbocycles. The Morgan fingerprint density at radius 2 is 1.74 bits per heavy atom. The van der Waals surface area contributed by atoms with Gasteiger partial charge in [-0.25, -0.2) is 4.79 Å². The zero-order valence-electron chi connectivity index (χ0n) is 17.3. The number of esters is 1. The van der Waals surface area contributed by atoms with E-state index < -0.39 is 5.97 Å². The van der Waals surface area contributed by atoms with Crippen molar-refractivity contribution < 1.29 is 23.4 Å². The van der Waals surface area contributed by atoms with Gasteiger partial charge in [0.15, 0.2) is 0 Å². The molecule has 6 nitrogen and oxygen atoms in total. The van der Waals surface area contributed by atoms with Crippen LogP contribution in [0.25, 0.3) is 6.08 Å². The van der Waals surface area contributed by atoms with Gasteiger partial charge in [0, 0.05) is 17.7 Å². The number of rotatable bonds is 10. The summed E-state index contributed by atoms with van der Waals surface area (Å²) in [6.45, 7) is 2.72. The molecule has 1 aromatic heterocycles. The third kappa shape index (κ3) is 6.89. The van der Waals surface area contributed by atoms with Crippen molar-refractivity contribution in [3.8, 4) is 11.5 Å². The molecule has 1 heterocycles. The Bertz CT molecular complexity index is 1070. The summed E-state index contributed by atoms with van der Waals surface area (Å²) >= 11 is 0. The van der Waals surface area contributed by atoms with Gasteiger partial charge in [-0.3, -0.25) is 4.79 Å². The fourth-order valence-electron chi connectivity index (χ4n) is 2.66. The van der Waals surface area contributed by atoms with E-state index in [9.17, 15) is 9.59 Å². The lowest BCUT2D eigenvalue weighted by Crippen LogP contribution is -2.09. The molecule has 0 amide bonds. The van der Waals surface area contributed by atoms with E-state index in [4.69, 9.17) is 18.6 Å². The van der Waals surface area contributed by atoms with E-state index in [2.05, 4.69) is 0 Å². The molecule has 31 heavy (non-hydrogen) atoms. The van der Waals surface area contributed by atoms with Crippen molar-refractivity contribution in [2.45, 2.75) is 26.6 Å². The second-order valence-corrected chi connectivity index (χ2v) is 6.68. The van der Waals surface area contributed by atoms with Crippen LogP contribution in [0, 0.1) is 0 Å². The standard InChI is InChI=1S/C25H24O6/c1-2-14-28-23-11-7-6-10-20(23)12-13-25(27)31-17-21-15-22(26)24(18-29-21)30-16-19-8-4-3-5-9-19/h3-13,15,18H,2,14,16-17H2,1H3/b13-12+. The fraction of sp³-hybridized carbons (Fsp3) is 0.200. The molecule has 0 bridgehead atoms. The van der Waals surface area contributed by atoms with Gasteiger partial charge in [-0.2, -0.15) is 0 Å². The average molecular weight is 420 g/mol. The summed E-state index contributed by atoms with van der Waals surface area (Å²) in [7, 11) is 0. The summed E-state index contributed by atoms with van der Waals surface area (Å²) in [6.07, 6.45) is 5.06. The van der Waals surface area contributed by atoms with Gasteiger partial charge in [0.05, 0.1) is 6.61 Å². The van der Waals surface area contributed by atoms with Crippen molar-refractivity contribution in [2.24, 2.45) is 0 Å². The number of carbonyl (C=O) groups excluding carboxylic acids is 1. The average Bonchev–Trinajstić information content (AvgIpc) is 2.80. The number of benzene rings is 2. The number of hydrogen-bond donors (Lipinski definition) is 0. The normalized spacial score (nSPS) is 10.7. The minimum atomic E-state index is -0.558. The van der Waals surface area contributed by atoms with E-state index >= 15 is 0 Å². The van der Waals surface area contributed by atoms with Gasteiger partial charge in [-0.1, -0.05) is 55.5 Å². The Morgan fingerprint density at radius 3 is 2.52 bits per heavy atom. The molecule has 0 fully saturated rings. The minimum Gasteiger partial charge on any atom is -0.493 e. The largest absolute Gasteiger partial charge is 0.493 e. The van der Waals surface area contributed by atoms with Crippen LogP contribution in [0.5, 0.6) is 11.5 Å². The van der Waals surface area contributed by atoms with E-state index in [0.717, 1.165) is 17.5 Å². The highest BCUT2D eigenvalue weighted by atomic mass is 16.5. The SMILES string of the molecule is CCCOc1ccccc1/C=C/C(=O)OCc1cc(=O)c(OCc2ccccc2)co1. The Hall–Kier alpha value is -3.80. The van der Waals surface area contributed by atoms with E-state index in [1.807, 2.05) is 61.5 Å². The fourth-order valence-corrected chi connectivity index (χ4v) is 2.66. The third-order valence-corrected chi connectivity index (χ3v) is 4.23. The number of ether oxygens (including phenoxy) is 3. The second-order valence-electron chi connectivity index (χ2n) is 6.68. The number of para-hydroxylation sites is 1. The minimum absolute atomic E-state index is 0.0995. The summed E-state index contributed by atoms with van der Waals surface area (Å²) in [6, 6.07) is 18.2. The van der Waals surface area contributed by atoms with Gasteiger partial charge in [0.25, 0.3) is 0 Å². The molecule has 0 aliphatic heterocycles. The maximum Gasteiger partial charge on any atom is 0.331 e. The Balaban J connectivity index is 1.53. The van der Waals surface area contributed by atoms with Crippen molar-refractivity contribution in [1.29, 1.82) is 0 Å². The van der Waals surface area contributed by atoms with Crippen molar-refractivity contribution in [3.63, 3.8) is 0 Å². The summed E-state index contributed by atoms with van der Waals surface area (Å²) < 4.78 is 21.7. The van der Waals surface area contributed by atoms with Crippen LogP contribution in [0.2, 0.25) is 0 Å². The molecular weight excluding hydrogens is 396 g/mol. The smallest absolute Gasteiger partial charge is 0.331 e. The molecule has 0 radical (unpaired) electrons. The Kier molecular flexibility index (Phi) is 8.05. The second kappa shape index (κ2) is 11.4. The van der Waals surface area contributed by atoms with Crippen LogP contribution in [-0.2, 0) is 22.7 Å². The van der Waals surface area contributed by atoms with Crippen molar-refractivity contribution in [2.75, 3.05) is 6.61 Å². The van der Waals surface area contributed by atoms with Crippen LogP contribution < -0.4 is 14.9 Å². The summed E-state index contributed by atoms with van der Waals surface area (Å²) in [5.74, 6) is 0.468. The van der Waals surface area contributed by atoms with Gasteiger partial charge in [0.2, 0.25) is 11.2 Å². The van der Waals surface area contributed by atoms with Crippen molar-refractivity contribution >= 4 is 12.0 Å². The number of hydrogen-bond acceptors (Lipinski definition) is 6. The molecule has 0 spiro atoms. The van der Waals surface area contributed by atoms with E-state index in [0.29, 0.717) is 12.4 Å². The van der Waals surface area contributed by atoms with E-state index in [-0.39, 0.29) is 30.2 Å². The topological polar surface area (TPSA) is 75.0 Å². The summed E-state index contributed by atoms with van der Waals surface area (Å²) in [5, 5.41) is 0. The van der Waals surface area contributed by atoms with Crippen LogP contribution >= 0.6 is 0 Å². The van der Waals surface area contributed by atoms with Crippen LogP contribution in [0.3, 0.4) is 0 Å². The van der Waals surface area contributed by atoms with E-state index in [1.54, 1.807) is 6.08 Å². The maximum atomic E-state index is 12.2. The maximum absolute atomic E-state index is 12.2.